The maximum absolute atomic E-state index is 6.64. The summed E-state index contributed by atoms with van der Waals surface area (Å²) in [4.78, 5) is 0. The first kappa shape index (κ1) is 12.2. The average molecular weight is 409 g/mol. The van der Waals surface area contributed by atoms with Crippen LogP contribution in [0.25, 0.3) is 11.1 Å². The molecule has 0 saturated heterocycles. The topological polar surface area (TPSA) is 0 Å². The van der Waals surface area contributed by atoms with Gasteiger partial charge in [-0.3, -0.25) is 0 Å². The molecule has 2 aromatic carbocycles. The molecule has 0 amide bonds. The Hall–Kier alpha value is 0.197. The zero-order valence-electron chi connectivity index (χ0n) is 8.48. The van der Waals surface area contributed by atoms with E-state index < -0.39 is 6.69 Å². The first-order chi connectivity index (χ1) is 8.00. The molecule has 0 bridgehead atoms. The SMILES string of the molecule is Cl[Si]1(Cl)c2cc(Br)ccc2-c2ccc(Br)cc21. The molecule has 0 aromatic heterocycles. The number of fused-ring (bicyclic) bond motifs is 3. The third-order valence-corrected chi connectivity index (χ3v) is 8.54. The normalized spacial score (nSPS) is 15.5. The predicted octanol–water partition coefficient (Wildman–Crippen LogP) is 4.23. The van der Waals surface area contributed by atoms with Gasteiger partial charge in [0.2, 0.25) is 0 Å². The fraction of sp³-hybridized carbons (Fsp3) is 0. The summed E-state index contributed by atoms with van der Waals surface area (Å²) < 4.78 is 2.03. The highest BCUT2D eigenvalue weighted by Gasteiger charge is 2.43. The van der Waals surface area contributed by atoms with Crippen LogP contribution in [0.1, 0.15) is 0 Å². The van der Waals surface area contributed by atoms with Crippen molar-refractivity contribution in [2.45, 2.75) is 0 Å². The largest absolute Gasteiger partial charge is 0.311 e. The Morgan fingerprint density at radius 2 is 1.18 bits per heavy atom. The number of benzene rings is 2. The first-order valence-electron chi connectivity index (χ1n) is 4.98. The van der Waals surface area contributed by atoms with Crippen LogP contribution in [0.2, 0.25) is 0 Å². The van der Waals surface area contributed by atoms with Gasteiger partial charge in [-0.05, 0) is 45.8 Å². The Morgan fingerprint density at radius 3 is 1.59 bits per heavy atom. The second kappa shape index (κ2) is 4.10. The van der Waals surface area contributed by atoms with Gasteiger partial charge in [0.1, 0.15) is 0 Å². The van der Waals surface area contributed by atoms with Gasteiger partial charge in [0, 0.05) is 8.95 Å². The molecular weight excluding hydrogens is 403 g/mol. The summed E-state index contributed by atoms with van der Waals surface area (Å²) in [6, 6.07) is 12.3. The summed E-state index contributed by atoms with van der Waals surface area (Å²) >= 11 is 20.2. The van der Waals surface area contributed by atoms with Crippen molar-refractivity contribution >= 4 is 71.1 Å². The number of halogens is 4. The van der Waals surface area contributed by atoms with Crippen molar-refractivity contribution in [2.75, 3.05) is 0 Å². The minimum absolute atomic E-state index is 1.02. The molecular formula is C12H6Br2Cl2Si. The van der Waals surface area contributed by atoms with E-state index in [0.29, 0.717) is 0 Å². The Bertz CT molecular complexity index is 572. The van der Waals surface area contributed by atoms with Gasteiger partial charge < -0.3 is 0 Å². The Labute approximate surface area is 127 Å². The van der Waals surface area contributed by atoms with Crippen LogP contribution in [-0.4, -0.2) is 6.69 Å². The highest BCUT2D eigenvalue weighted by molar-refractivity contribution is 9.10. The van der Waals surface area contributed by atoms with Crippen LogP contribution in [-0.2, 0) is 0 Å². The fourth-order valence-electron chi connectivity index (χ4n) is 2.17. The van der Waals surface area contributed by atoms with Crippen LogP contribution < -0.4 is 10.4 Å². The quantitative estimate of drug-likeness (QED) is 0.452. The molecule has 5 heteroatoms. The molecule has 0 aliphatic carbocycles. The van der Waals surface area contributed by atoms with Crippen LogP contribution in [0.4, 0.5) is 0 Å². The molecule has 3 rings (SSSR count). The van der Waals surface area contributed by atoms with E-state index in [4.69, 9.17) is 22.2 Å². The lowest BCUT2D eigenvalue weighted by Gasteiger charge is -2.12. The van der Waals surface area contributed by atoms with Crippen LogP contribution in [0, 0.1) is 0 Å². The van der Waals surface area contributed by atoms with Gasteiger partial charge >= 0.3 is 6.69 Å². The first-order valence-corrected chi connectivity index (χ1v) is 10.6. The predicted molar refractivity (Wildman–Crippen MR) is 84.0 cm³/mol. The fourth-order valence-corrected chi connectivity index (χ4v) is 7.26. The Balaban J connectivity index is 2.37. The minimum Gasteiger partial charge on any atom is -0.134 e. The maximum Gasteiger partial charge on any atom is 0.311 e. The lowest BCUT2D eigenvalue weighted by molar-refractivity contribution is 1.65. The molecule has 0 radical (unpaired) electrons. The molecule has 0 saturated carbocycles. The lowest BCUT2D eigenvalue weighted by Crippen LogP contribution is -2.44. The van der Waals surface area contributed by atoms with E-state index in [1.54, 1.807) is 0 Å². The molecule has 0 fully saturated rings. The maximum atomic E-state index is 6.64. The molecule has 1 aliphatic rings. The van der Waals surface area contributed by atoms with Crippen molar-refractivity contribution in [2.24, 2.45) is 0 Å². The molecule has 1 aliphatic heterocycles. The molecule has 17 heavy (non-hydrogen) atoms. The van der Waals surface area contributed by atoms with Crippen LogP contribution >= 0.6 is 54.0 Å². The average Bonchev–Trinajstić information content (AvgIpc) is 2.49. The summed E-state index contributed by atoms with van der Waals surface area (Å²) in [7, 11) is 0. The van der Waals surface area contributed by atoms with Gasteiger partial charge in [0.15, 0.2) is 0 Å². The molecule has 2 aromatic rings. The minimum atomic E-state index is -2.56. The standard InChI is InChI=1S/C12H6Br2Cl2Si/c13-7-1-3-9-10-4-2-8(14)6-12(10)17(15,16)11(9)5-7/h1-6H. The monoisotopic (exact) mass is 406 g/mol. The van der Waals surface area contributed by atoms with Crippen molar-refractivity contribution in [3.8, 4) is 11.1 Å². The van der Waals surface area contributed by atoms with Gasteiger partial charge in [-0.25, -0.2) is 0 Å². The van der Waals surface area contributed by atoms with Gasteiger partial charge in [-0.2, -0.15) is 0 Å². The van der Waals surface area contributed by atoms with Crippen molar-refractivity contribution in [1.29, 1.82) is 0 Å². The molecule has 0 nitrogen and oxygen atoms in total. The van der Waals surface area contributed by atoms with E-state index in [1.165, 1.54) is 0 Å². The Morgan fingerprint density at radius 1 is 0.765 bits per heavy atom. The van der Waals surface area contributed by atoms with Crippen LogP contribution in [0.3, 0.4) is 0 Å². The third kappa shape index (κ3) is 1.83. The smallest absolute Gasteiger partial charge is 0.134 e. The van der Waals surface area contributed by atoms with E-state index in [1.807, 2.05) is 24.3 Å². The zero-order valence-corrected chi connectivity index (χ0v) is 14.2. The van der Waals surface area contributed by atoms with E-state index in [0.717, 1.165) is 30.4 Å². The van der Waals surface area contributed by atoms with E-state index in [2.05, 4.69) is 44.0 Å². The highest BCUT2D eigenvalue weighted by Crippen LogP contribution is 2.34. The van der Waals surface area contributed by atoms with E-state index in [9.17, 15) is 0 Å². The van der Waals surface area contributed by atoms with Crippen molar-refractivity contribution in [3.63, 3.8) is 0 Å². The molecule has 0 N–H and O–H groups in total. The van der Waals surface area contributed by atoms with Gasteiger partial charge in [-0.15, -0.1) is 22.2 Å². The van der Waals surface area contributed by atoms with Crippen molar-refractivity contribution < 1.29 is 0 Å². The molecule has 0 unspecified atom stereocenters. The Kier molecular flexibility index (Phi) is 2.95. The second-order valence-electron chi connectivity index (χ2n) is 3.95. The van der Waals surface area contributed by atoms with Gasteiger partial charge in [-0.1, -0.05) is 44.0 Å². The molecule has 86 valence electrons. The second-order valence-corrected chi connectivity index (χ2v) is 12.0. The summed E-state index contributed by atoms with van der Waals surface area (Å²) in [5, 5.41) is 2.15. The zero-order chi connectivity index (χ0) is 12.2. The van der Waals surface area contributed by atoms with Crippen LogP contribution in [0.5, 0.6) is 0 Å². The molecule has 0 spiro atoms. The van der Waals surface area contributed by atoms with E-state index >= 15 is 0 Å². The number of hydrogen-bond acceptors (Lipinski definition) is 0. The third-order valence-electron chi connectivity index (χ3n) is 2.93. The summed E-state index contributed by atoms with van der Waals surface area (Å²) in [6.07, 6.45) is 0. The highest BCUT2D eigenvalue weighted by atomic mass is 79.9. The summed E-state index contributed by atoms with van der Waals surface area (Å²) in [5.74, 6) is 0. The van der Waals surface area contributed by atoms with Gasteiger partial charge in [0.05, 0.1) is 0 Å². The van der Waals surface area contributed by atoms with Crippen molar-refractivity contribution in [3.05, 3.63) is 45.3 Å². The lowest BCUT2D eigenvalue weighted by atomic mass is 10.1. The van der Waals surface area contributed by atoms with E-state index in [-0.39, 0.29) is 0 Å². The van der Waals surface area contributed by atoms with Crippen LogP contribution in [0.15, 0.2) is 45.3 Å². The number of hydrogen-bond donors (Lipinski definition) is 0. The summed E-state index contributed by atoms with van der Waals surface area (Å²) in [5.41, 5.74) is 2.32. The van der Waals surface area contributed by atoms with Crippen molar-refractivity contribution in [1.82, 2.24) is 0 Å². The summed E-state index contributed by atoms with van der Waals surface area (Å²) in [6.45, 7) is -2.56. The number of rotatable bonds is 0. The molecule has 1 heterocycles. The molecule has 0 atom stereocenters. The van der Waals surface area contributed by atoms with Gasteiger partial charge in [0.25, 0.3) is 0 Å².